The van der Waals surface area contributed by atoms with Gasteiger partial charge in [-0.2, -0.15) is 0 Å². The number of hydrogen-bond acceptors (Lipinski definition) is 6. The zero-order chi connectivity index (χ0) is 27.4. The summed E-state index contributed by atoms with van der Waals surface area (Å²) < 4.78 is 11.3. The van der Waals surface area contributed by atoms with E-state index in [4.69, 9.17) is 14.5 Å². The lowest BCUT2D eigenvalue weighted by molar-refractivity contribution is -0.145. The summed E-state index contributed by atoms with van der Waals surface area (Å²) in [5, 5.41) is 3.20. The molecule has 1 aliphatic carbocycles. The van der Waals surface area contributed by atoms with Gasteiger partial charge in [0.05, 0.1) is 23.7 Å². The van der Waals surface area contributed by atoms with E-state index in [1.54, 1.807) is 11.3 Å². The molecule has 2 aromatic carbocycles. The number of rotatable bonds is 8. The monoisotopic (exact) mass is 546 g/mol. The molecular weight excluding hydrogens is 508 g/mol. The number of piperidine rings is 1. The maximum atomic E-state index is 12.9. The van der Waals surface area contributed by atoms with Crippen LogP contribution in [-0.2, 0) is 22.6 Å². The molecule has 0 radical (unpaired) electrons. The Hall–Kier alpha value is -3.19. The predicted octanol–water partition coefficient (Wildman–Crippen LogP) is 6.76. The molecule has 2 fully saturated rings. The second-order valence-corrected chi connectivity index (χ2v) is 12.0. The van der Waals surface area contributed by atoms with E-state index in [1.807, 2.05) is 36.1 Å². The third-order valence-corrected chi connectivity index (χ3v) is 8.99. The summed E-state index contributed by atoms with van der Waals surface area (Å²) in [6, 6.07) is 12.1. The van der Waals surface area contributed by atoms with Crippen LogP contribution < -0.4 is 4.74 Å². The van der Waals surface area contributed by atoms with Crippen LogP contribution in [0.2, 0.25) is 0 Å². The molecule has 1 saturated carbocycles. The number of ether oxygens (including phenoxy) is 2. The number of carbonyl (C=O) groups excluding carboxylic acids is 2. The normalized spacial score (nSPS) is 19.2. The third kappa shape index (κ3) is 6.52. The smallest absolute Gasteiger partial charge is 0.308 e. The molecule has 1 aromatic heterocycles. The summed E-state index contributed by atoms with van der Waals surface area (Å²) in [5.41, 5.74) is 5.95. The summed E-state index contributed by atoms with van der Waals surface area (Å²) in [5.74, 6) is 1.34. The molecule has 2 aliphatic rings. The van der Waals surface area contributed by atoms with E-state index in [0.29, 0.717) is 12.5 Å². The van der Waals surface area contributed by atoms with Gasteiger partial charge in [0.2, 0.25) is 0 Å². The van der Waals surface area contributed by atoms with Gasteiger partial charge in [0.25, 0.3) is 5.91 Å². The van der Waals surface area contributed by atoms with Crippen LogP contribution >= 0.6 is 11.3 Å². The Bertz CT molecular complexity index is 1330. The van der Waals surface area contributed by atoms with E-state index in [-0.39, 0.29) is 17.8 Å². The van der Waals surface area contributed by atoms with Crippen molar-refractivity contribution in [2.24, 2.45) is 11.8 Å². The first-order valence-corrected chi connectivity index (χ1v) is 14.9. The molecule has 3 aromatic rings. The molecule has 0 unspecified atom stereocenters. The third-order valence-electron chi connectivity index (χ3n) is 8.12. The van der Waals surface area contributed by atoms with Crippen LogP contribution in [0.15, 0.2) is 41.8 Å². The van der Waals surface area contributed by atoms with Crippen LogP contribution in [0.25, 0.3) is 11.3 Å². The topological polar surface area (TPSA) is 68.7 Å². The van der Waals surface area contributed by atoms with E-state index in [0.717, 1.165) is 95.9 Å². The van der Waals surface area contributed by atoms with Crippen molar-refractivity contribution in [3.05, 3.63) is 69.0 Å². The lowest BCUT2D eigenvalue weighted by Gasteiger charge is -2.27. The van der Waals surface area contributed by atoms with Crippen LogP contribution in [-0.4, -0.2) is 42.0 Å². The first-order chi connectivity index (χ1) is 18.9. The minimum atomic E-state index is -0.0858. The largest absolute Gasteiger partial charge is 0.488 e. The van der Waals surface area contributed by atoms with E-state index < -0.39 is 0 Å². The van der Waals surface area contributed by atoms with Crippen molar-refractivity contribution in [1.82, 2.24) is 9.88 Å². The zero-order valence-corrected chi connectivity index (χ0v) is 24.0. The number of hydrogen-bond donors (Lipinski definition) is 0. The highest BCUT2D eigenvalue weighted by atomic mass is 32.1. The number of esters is 1. The van der Waals surface area contributed by atoms with Crippen molar-refractivity contribution >= 4 is 23.2 Å². The molecule has 39 heavy (non-hydrogen) atoms. The van der Waals surface area contributed by atoms with Crippen molar-refractivity contribution in [1.29, 1.82) is 0 Å². The summed E-state index contributed by atoms with van der Waals surface area (Å²) >= 11 is 1.68. The molecular formula is C32H38N2O4S. The quantitative estimate of drug-likeness (QED) is 0.292. The van der Waals surface area contributed by atoms with Gasteiger partial charge in [-0.15, -0.1) is 11.3 Å². The van der Waals surface area contributed by atoms with Gasteiger partial charge >= 0.3 is 5.97 Å². The average molecular weight is 547 g/mol. The highest BCUT2D eigenvalue weighted by molar-refractivity contribution is 7.09. The number of benzene rings is 2. The molecule has 0 bridgehead atoms. The van der Waals surface area contributed by atoms with Gasteiger partial charge in [0, 0.05) is 36.0 Å². The lowest BCUT2D eigenvalue weighted by atomic mass is 10.0. The molecule has 2 atom stereocenters. The first kappa shape index (κ1) is 27.4. The fraction of sp³-hybridized carbons (Fsp3) is 0.469. The van der Waals surface area contributed by atoms with Crippen molar-refractivity contribution in [3.63, 3.8) is 0 Å². The van der Waals surface area contributed by atoms with Gasteiger partial charge < -0.3 is 14.4 Å². The molecule has 1 amide bonds. The summed E-state index contributed by atoms with van der Waals surface area (Å²) in [6.07, 6.45) is 7.09. The Morgan fingerprint density at radius 1 is 1.05 bits per heavy atom. The number of thiazole rings is 1. The molecule has 2 heterocycles. The molecule has 206 valence electrons. The van der Waals surface area contributed by atoms with Gasteiger partial charge in [-0.05, 0) is 93.7 Å². The van der Waals surface area contributed by atoms with E-state index in [1.165, 1.54) is 13.5 Å². The maximum absolute atomic E-state index is 12.9. The number of nitrogens with zero attached hydrogens (tertiary/aromatic N) is 2. The van der Waals surface area contributed by atoms with Gasteiger partial charge in [-0.25, -0.2) is 4.98 Å². The molecule has 7 heteroatoms. The summed E-state index contributed by atoms with van der Waals surface area (Å²) in [6.45, 7) is 6.25. The van der Waals surface area contributed by atoms with E-state index in [9.17, 15) is 9.59 Å². The molecule has 5 rings (SSSR count). The highest BCUT2D eigenvalue weighted by Gasteiger charge is 2.31. The fourth-order valence-electron chi connectivity index (χ4n) is 5.81. The lowest BCUT2D eigenvalue weighted by Crippen LogP contribution is -2.35. The van der Waals surface area contributed by atoms with Crippen molar-refractivity contribution in [2.45, 2.75) is 65.4 Å². The molecule has 0 spiro atoms. The van der Waals surface area contributed by atoms with Crippen molar-refractivity contribution in [2.75, 3.05) is 20.2 Å². The second-order valence-electron chi connectivity index (χ2n) is 11.0. The highest BCUT2D eigenvalue weighted by Crippen LogP contribution is 2.37. The Balaban J connectivity index is 1.25. The Morgan fingerprint density at radius 2 is 1.87 bits per heavy atom. The fourth-order valence-corrected chi connectivity index (χ4v) is 6.72. The number of methoxy groups -OCH3 is 1. The van der Waals surface area contributed by atoms with Crippen LogP contribution in [0.5, 0.6) is 5.75 Å². The second kappa shape index (κ2) is 12.3. The number of amides is 1. The summed E-state index contributed by atoms with van der Waals surface area (Å²) in [4.78, 5) is 31.8. The average Bonchev–Trinajstić information content (AvgIpc) is 3.62. The standard InChI is InChI=1S/C32H38N2O4S/c1-21-7-12-29(38-19-26-11-10-24(16-22(26)2)31(35)34-13-5-4-6-14-34)27(15-21)28-20-39-30(33-28)18-23-8-9-25(17-23)32(36)37-3/h7,10-12,15-16,20,23,25H,4-6,8-9,13-14,17-19H2,1-3H3/t23-,25+/m0/s1. The first-order valence-electron chi connectivity index (χ1n) is 14.1. The maximum Gasteiger partial charge on any atom is 0.308 e. The minimum Gasteiger partial charge on any atom is -0.488 e. The summed E-state index contributed by atoms with van der Waals surface area (Å²) in [7, 11) is 1.47. The van der Waals surface area contributed by atoms with Gasteiger partial charge in [-0.1, -0.05) is 17.7 Å². The predicted molar refractivity (Wildman–Crippen MR) is 154 cm³/mol. The van der Waals surface area contributed by atoms with Gasteiger partial charge in [0.15, 0.2) is 0 Å². The molecule has 6 nitrogen and oxygen atoms in total. The number of carbonyl (C=O) groups is 2. The Labute approximate surface area is 235 Å². The van der Waals surface area contributed by atoms with Crippen LogP contribution in [0.3, 0.4) is 0 Å². The minimum absolute atomic E-state index is 0.0246. The zero-order valence-electron chi connectivity index (χ0n) is 23.2. The van der Waals surface area contributed by atoms with E-state index in [2.05, 4.69) is 24.4 Å². The molecule has 1 aliphatic heterocycles. The SMILES string of the molecule is COC(=O)[C@@H]1CC[C@H](Cc2nc(-c3cc(C)ccc3OCc3ccc(C(=O)N4CCCCC4)cc3C)cs2)C1. The molecule has 1 saturated heterocycles. The van der Waals surface area contributed by atoms with Crippen LogP contribution in [0, 0.1) is 25.7 Å². The van der Waals surface area contributed by atoms with E-state index >= 15 is 0 Å². The number of aryl methyl sites for hydroxylation is 2. The van der Waals surface area contributed by atoms with Crippen molar-refractivity contribution < 1.29 is 19.1 Å². The Morgan fingerprint density at radius 3 is 2.64 bits per heavy atom. The molecule has 0 N–H and O–H groups in total. The van der Waals surface area contributed by atoms with Crippen LogP contribution in [0.4, 0.5) is 0 Å². The van der Waals surface area contributed by atoms with Gasteiger partial charge in [0.1, 0.15) is 12.4 Å². The Kier molecular flexibility index (Phi) is 8.66. The van der Waals surface area contributed by atoms with Gasteiger partial charge in [-0.3, -0.25) is 9.59 Å². The number of aromatic nitrogens is 1. The van der Waals surface area contributed by atoms with Crippen molar-refractivity contribution in [3.8, 4) is 17.0 Å². The van der Waals surface area contributed by atoms with Crippen LogP contribution in [0.1, 0.15) is 70.6 Å². The number of likely N-dealkylation sites (tertiary alicyclic amines) is 1.